The standard InChI is InChI=1S/C21H23N3O3S2/c1-13-23-17(12-28-13)18-10-9-16(29-18)11-22-19(25)14-5-7-15(8-6-14)24-20(26)27-21(2,3)4/h5-10,12H,11H2,1-4H3,(H,22,25)(H,24,26). The Morgan fingerprint density at radius 3 is 2.45 bits per heavy atom. The van der Waals surface area contributed by atoms with Gasteiger partial charge in [0.05, 0.1) is 22.1 Å². The van der Waals surface area contributed by atoms with Crippen molar-refractivity contribution in [2.75, 3.05) is 5.32 Å². The van der Waals surface area contributed by atoms with Crippen molar-refractivity contribution in [1.82, 2.24) is 10.3 Å². The van der Waals surface area contributed by atoms with Crippen molar-refractivity contribution in [1.29, 1.82) is 0 Å². The fourth-order valence-electron chi connectivity index (χ4n) is 2.48. The number of anilines is 1. The van der Waals surface area contributed by atoms with E-state index in [4.69, 9.17) is 4.74 Å². The molecule has 0 bridgehead atoms. The average molecular weight is 430 g/mol. The molecule has 0 aliphatic rings. The van der Waals surface area contributed by atoms with Gasteiger partial charge in [0.25, 0.3) is 5.91 Å². The zero-order valence-electron chi connectivity index (χ0n) is 16.7. The number of thiazole rings is 1. The normalized spacial score (nSPS) is 11.2. The van der Waals surface area contributed by atoms with Crippen molar-refractivity contribution in [3.63, 3.8) is 0 Å². The predicted molar refractivity (Wildman–Crippen MR) is 118 cm³/mol. The number of aromatic nitrogens is 1. The molecule has 0 saturated carbocycles. The van der Waals surface area contributed by atoms with Gasteiger partial charge in [-0.05, 0) is 64.1 Å². The number of carbonyl (C=O) groups is 2. The number of amides is 2. The lowest BCUT2D eigenvalue weighted by molar-refractivity contribution is 0.0635. The van der Waals surface area contributed by atoms with Gasteiger partial charge in [-0.15, -0.1) is 22.7 Å². The van der Waals surface area contributed by atoms with Gasteiger partial charge in [0.1, 0.15) is 5.60 Å². The summed E-state index contributed by atoms with van der Waals surface area (Å²) in [6.07, 6.45) is -0.529. The molecule has 6 nitrogen and oxygen atoms in total. The molecule has 3 aromatic rings. The molecule has 152 valence electrons. The second-order valence-corrected chi connectivity index (χ2v) is 9.64. The van der Waals surface area contributed by atoms with E-state index in [1.165, 1.54) is 0 Å². The largest absolute Gasteiger partial charge is 0.444 e. The van der Waals surface area contributed by atoms with E-state index in [2.05, 4.69) is 15.6 Å². The van der Waals surface area contributed by atoms with Crippen LogP contribution in [0.2, 0.25) is 0 Å². The quantitative estimate of drug-likeness (QED) is 0.565. The first-order chi connectivity index (χ1) is 13.7. The topological polar surface area (TPSA) is 80.3 Å². The molecule has 0 saturated heterocycles. The number of hydrogen-bond donors (Lipinski definition) is 2. The smallest absolute Gasteiger partial charge is 0.412 e. The highest BCUT2D eigenvalue weighted by Gasteiger charge is 2.16. The molecule has 0 atom stereocenters. The molecule has 8 heteroatoms. The van der Waals surface area contributed by atoms with Gasteiger partial charge in [-0.2, -0.15) is 0 Å². The maximum Gasteiger partial charge on any atom is 0.412 e. The molecule has 3 rings (SSSR count). The van der Waals surface area contributed by atoms with Crippen LogP contribution < -0.4 is 10.6 Å². The minimum absolute atomic E-state index is 0.173. The summed E-state index contributed by atoms with van der Waals surface area (Å²) < 4.78 is 5.21. The van der Waals surface area contributed by atoms with Gasteiger partial charge in [-0.25, -0.2) is 9.78 Å². The fraction of sp³-hybridized carbons (Fsp3) is 0.286. The molecule has 0 radical (unpaired) electrons. The van der Waals surface area contributed by atoms with Crippen molar-refractivity contribution < 1.29 is 14.3 Å². The summed E-state index contributed by atoms with van der Waals surface area (Å²) in [6, 6.07) is 10.7. The molecule has 0 spiro atoms. The minimum Gasteiger partial charge on any atom is -0.444 e. The molecule has 0 aliphatic carbocycles. The Balaban J connectivity index is 1.53. The molecular formula is C21H23N3O3S2. The Morgan fingerprint density at radius 2 is 1.83 bits per heavy atom. The zero-order chi connectivity index (χ0) is 21.0. The van der Waals surface area contributed by atoms with E-state index >= 15 is 0 Å². The molecular weight excluding hydrogens is 406 g/mol. The Hall–Kier alpha value is -2.71. The van der Waals surface area contributed by atoms with Crippen LogP contribution in [0.25, 0.3) is 10.6 Å². The fourth-order valence-corrected chi connectivity index (χ4v) is 4.08. The van der Waals surface area contributed by atoms with Crippen molar-refractivity contribution in [2.45, 2.75) is 39.8 Å². The van der Waals surface area contributed by atoms with Gasteiger partial charge in [0, 0.05) is 21.5 Å². The monoisotopic (exact) mass is 429 g/mol. The highest BCUT2D eigenvalue weighted by atomic mass is 32.1. The van der Waals surface area contributed by atoms with E-state index in [0.717, 1.165) is 20.5 Å². The number of thiophene rings is 1. The molecule has 2 amide bonds. The van der Waals surface area contributed by atoms with Gasteiger partial charge in [0.2, 0.25) is 0 Å². The van der Waals surface area contributed by atoms with Crippen LogP contribution in [0, 0.1) is 6.92 Å². The summed E-state index contributed by atoms with van der Waals surface area (Å²) in [5.41, 5.74) is 1.50. The van der Waals surface area contributed by atoms with E-state index in [1.54, 1.807) is 67.7 Å². The second kappa shape index (κ2) is 8.75. The van der Waals surface area contributed by atoms with Crippen LogP contribution in [0.5, 0.6) is 0 Å². The molecule has 1 aromatic carbocycles. The first-order valence-corrected chi connectivity index (χ1v) is 10.8. The van der Waals surface area contributed by atoms with Crippen LogP contribution in [0.1, 0.15) is 41.0 Å². The Morgan fingerprint density at radius 1 is 1.10 bits per heavy atom. The van der Waals surface area contributed by atoms with Crippen LogP contribution in [-0.4, -0.2) is 22.6 Å². The van der Waals surface area contributed by atoms with Gasteiger partial charge < -0.3 is 10.1 Å². The number of hydrogen-bond acceptors (Lipinski definition) is 6. The lowest BCUT2D eigenvalue weighted by atomic mass is 10.2. The van der Waals surface area contributed by atoms with Crippen LogP contribution in [-0.2, 0) is 11.3 Å². The van der Waals surface area contributed by atoms with Crippen LogP contribution in [0.4, 0.5) is 10.5 Å². The predicted octanol–water partition coefficient (Wildman–Crippen LogP) is 5.46. The number of carbonyl (C=O) groups excluding carboxylic acids is 2. The van der Waals surface area contributed by atoms with Crippen LogP contribution in [0.3, 0.4) is 0 Å². The number of rotatable bonds is 5. The van der Waals surface area contributed by atoms with E-state index in [-0.39, 0.29) is 5.91 Å². The maximum atomic E-state index is 12.4. The summed E-state index contributed by atoms with van der Waals surface area (Å²) in [4.78, 5) is 30.8. The molecule has 0 unspecified atom stereocenters. The number of nitrogens with zero attached hydrogens (tertiary/aromatic N) is 1. The van der Waals surface area contributed by atoms with Crippen molar-refractivity contribution >= 4 is 40.4 Å². The van der Waals surface area contributed by atoms with Gasteiger partial charge in [-0.1, -0.05) is 0 Å². The van der Waals surface area contributed by atoms with Gasteiger partial charge in [0.15, 0.2) is 0 Å². The lowest BCUT2D eigenvalue weighted by Crippen LogP contribution is -2.27. The number of benzene rings is 1. The number of ether oxygens (including phenoxy) is 1. The number of aryl methyl sites for hydroxylation is 1. The first-order valence-electron chi connectivity index (χ1n) is 9.09. The summed E-state index contributed by atoms with van der Waals surface area (Å²) in [6.45, 7) is 7.83. The summed E-state index contributed by atoms with van der Waals surface area (Å²) >= 11 is 3.24. The van der Waals surface area contributed by atoms with Gasteiger partial charge in [-0.3, -0.25) is 10.1 Å². The Bertz CT molecular complexity index is 1000. The van der Waals surface area contributed by atoms with E-state index in [1.807, 2.05) is 24.4 Å². The van der Waals surface area contributed by atoms with E-state index in [0.29, 0.717) is 17.8 Å². The molecule has 0 aliphatic heterocycles. The van der Waals surface area contributed by atoms with Gasteiger partial charge >= 0.3 is 6.09 Å². The third kappa shape index (κ3) is 6.13. The van der Waals surface area contributed by atoms with Crippen molar-refractivity contribution in [2.24, 2.45) is 0 Å². The molecule has 29 heavy (non-hydrogen) atoms. The third-order valence-electron chi connectivity index (χ3n) is 3.75. The van der Waals surface area contributed by atoms with Crippen molar-refractivity contribution in [3.8, 4) is 10.6 Å². The van der Waals surface area contributed by atoms with Crippen molar-refractivity contribution in [3.05, 3.63) is 57.2 Å². The maximum absolute atomic E-state index is 12.4. The summed E-state index contributed by atoms with van der Waals surface area (Å²) in [7, 11) is 0. The third-order valence-corrected chi connectivity index (χ3v) is 5.63. The SMILES string of the molecule is Cc1nc(-c2ccc(CNC(=O)c3ccc(NC(=O)OC(C)(C)C)cc3)s2)cs1. The molecule has 0 fully saturated rings. The Kier molecular flexibility index (Phi) is 6.34. The van der Waals surface area contributed by atoms with Crippen LogP contribution in [0.15, 0.2) is 41.8 Å². The zero-order valence-corrected chi connectivity index (χ0v) is 18.4. The summed E-state index contributed by atoms with van der Waals surface area (Å²) in [5, 5.41) is 8.64. The molecule has 2 heterocycles. The lowest BCUT2D eigenvalue weighted by Gasteiger charge is -2.19. The number of nitrogens with one attached hydrogen (secondary N) is 2. The van der Waals surface area contributed by atoms with E-state index in [9.17, 15) is 9.59 Å². The minimum atomic E-state index is -0.566. The first kappa shape index (κ1) is 21.0. The highest BCUT2D eigenvalue weighted by molar-refractivity contribution is 7.16. The average Bonchev–Trinajstić information content (AvgIpc) is 3.27. The summed E-state index contributed by atoms with van der Waals surface area (Å²) in [5.74, 6) is -0.173. The van der Waals surface area contributed by atoms with Crippen LogP contribution >= 0.6 is 22.7 Å². The molecule has 2 aromatic heterocycles. The highest BCUT2D eigenvalue weighted by Crippen LogP contribution is 2.29. The second-order valence-electron chi connectivity index (χ2n) is 7.40. The Labute approximate surface area is 178 Å². The molecule has 2 N–H and O–H groups in total. The van der Waals surface area contributed by atoms with E-state index < -0.39 is 11.7 Å².